The molecule has 0 radical (unpaired) electrons. The number of allylic oxidation sites excluding steroid dienone is 2. The lowest BCUT2D eigenvalue weighted by Crippen LogP contribution is -2.47. The number of halogens is 6. The van der Waals surface area contributed by atoms with E-state index in [-0.39, 0.29) is 32.0 Å². The fraction of sp³-hybridized carbons (Fsp3) is 0.778. The van der Waals surface area contributed by atoms with E-state index >= 15 is 0 Å². The van der Waals surface area contributed by atoms with Crippen molar-refractivity contribution in [3.63, 3.8) is 0 Å². The minimum Gasteiger partial charge on any atom is -0.174 e. The second kappa shape index (κ2) is 9.63. The first-order chi connectivity index (χ1) is 11.8. The van der Waals surface area contributed by atoms with Crippen molar-refractivity contribution in [1.29, 1.82) is 0 Å². The normalized spacial score (nSPS) is 35.9. The molecule has 144 valence electrons. The Labute approximate surface area is 168 Å². The van der Waals surface area contributed by atoms with Crippen molar-refractivity contribution in [1.82, 2.24) is 0 Å². The third-order valence-electron chi connectivity index (χ3n) is 5.37. The fourth-order valence-electron chi connectivity index (χ4n) is 4.01. The summed E-state index contributed by atoms with van der Waals surface area (Å²) in [5.74, 6) is 0. The smallest absolute Gasteiger partial charge is 0.174 e. The molecular formula is C18H24Br2F4S. The van der Waals surface area contributed by atoms with E-state index in [9.17, 15) is 17.6 Å². The summed E-state index contributed by atoms with van der Waals surface area (Å²) in [5.41, 5.74) is 0. The van der Waals surface area contributed by atoms with E-state index in [4.69, 9.17) is 0 Å². The zero-order chi connectivity index (χ0) is 18.5. The lowest BCUT2D eigenvalue weighted by Gasteiger charge is -2.50. The molecule has 7 heteroatoms. The minimum atomic E-state index is -1.66. The van der Waals surface area contributed by atoms with Gasteiger partial charge in [-0.05, 0) is 50.7 Å². The van der Waals surface area contributed by atoms with Crippen molar-refractivity contribution >= 4 is 43.6 Å². The highest BCUT2D eigenvalue weighted by Crippen LogP contribution is 2.57. The summed E-state index contributed by atoms with van der Waals surface area (Å²) in [6.45, 7) is 0. The lowest BCUT2D eigenvalue weighted by molar-refractivity contribution is 0.369. The van der Waals surface area contributed by atoms with Crippen LogP contribution in [0.4, 0.5) is 17.6 Å². The summed E-state index contributed by atoms with van der Waals surface area (Å²) >= 11 is 9.17. The highest BCUT2D eigenvalue weighted by Gasteiger charge is 2.49. The Morgan fingerprint density at radius 3 is 1.52 bits per heavy atom. The highest BCUT2D eigenvalue weighted by atomic mass is 79.9. The van der Waals surface area contributed by atoms with E-state index in [1.807, 2.05) is 0 Å². The van der Waals surface area contributed by atoms with Gasteiger partial charge in [-0.15, -0.1) is 11.8 Å². The zero-order valence-electron chi connectivity index (χ0n) is 14.1. The van der Waals surface area contributed by atoms with E-state index in [1.165, 1.54) is 0 Å². The summed E-state index contributed by atoms with van der Waals surface area (Å²) in [7, 11) is 0. The van der Waals surface area contributed by atoms with Gasteiger partial charge in [0.15, 0.2) is 0 Å². The quantitative estimate of drug-likeness (QED) is 0.258. The third kappa shape index (κ3) is 5.74. The lowest BCUT2D eigenvalue weighted by atomic mass is 9.84. The Kier molecular flexibility index (Phi) is 8.40. The number of hydrogen-bond acceptors (Lipinski definition) is 1. The number of alkyl halides is 2. The van der Waals surface area contributed by atoms with Crippen LogP contribution in [-0.2, 0) is 0 Å². The summed E-state index contributed by atoms with van der Waals surface area (Å²) in [6, 6.07) is 0. The van der Waals surface area contributed by atoms with E-state index in [2.05, 4.69) is 31.9 Å². The van der Waals surface area contributed by atoms with Gasteiger partial charge in [-0.2, -0.15) is 17.6 Å². The van der Waals surface area contributed by atoms with Gasteiger partial charge in [-0.3, -0.25) is 0 Å². The van der Waals surface area contributed by atoms with Crippen molar-refractivity contribution in [2.24, 2.45) is 0 Å². The molecule has 0 N–H and O–H groups in total. The zero-order valence-corrected chi connectivity index (χ0v) is 18.0. The molecule has 0 heterocycles. The van der Waals surface area contributed by atoms with Crippen LogP contribution in [-0.4, -0.2) is 19.1 Å². The number of thioether (sulfide) groups is 1. The minimum absolute atomic E-state index is 0.118. The molecule has 0 aromatic carbocycles. The molecule has 2 aliphatic rings. The Hall–Kier alpha value is 0.510. The molecule has 4 atom stereocenters. The molecule has 0 amide bonds. The molecule has 0 bridgehead atoms. The van der Waals surface area contributed by atoms with Crippen LogP contribution in [0.1, 0.15) is 64.2 Å². The van der Waals surface area contributed by atoms with Crippen molar-refractivity contribution in [2.75, 3.05) is 0 Å². The van der Waals surface area contributed by atoms with Crippen molar-refractivity contribution < 1.29 is 17.6 Å². The third-order valence-corrected chi connectivity index (χ3v) is 10.8. The average Bonchev–Trinajstić information content (AvgIpc) is 2.56. The first kappa shape index (κ1) is 21.8. The molecule has 0 spiro atoms. The van der Waals surface area contributed by atoms with Crippen LogP contribution in [0.2, 0.25) is 0 Å². The van der Waals surface area contributed by atoms with E-state index < -0.39 is 12.2 Å². The summed E-state index contributed by atoms with van der Waals surface area (Å²) in [6.07, 6.45) is 6.93. The molecule has 2 saturated carbocycles. The SMILES string of the molecule is FC(F)=CCC1(SC2(CC=C(F)F)CCCCC2Br)CCCCC1Br. The topological polar surface area (TPSA) is 0 Å². The first-order valence-corrected chi connectivity index (χ1v) is 11.5. The molecule has 2 rings (SSSR count). The van der Waals surface area contributed by atoms with Crippen LogP contribution < -0.4 is 0 Å². The number of hydrogen-bond donors (Lipinski definition) is 0. The Morgan fingerprint density at radius 2 is 1.20 bits per heavy atom. The van der Waals surface area contributed by atoms with Gasteiger partial charge in [0.05, 0.1) is 0 Å². The average molecular weight is 508 g/mol. The Morgan fingerprint density at radius 1 is 0.800 bits per heavy atom. The summed E-state index contributed by atoms with van der Waals surface area (Å²) < 4.78 is 50.5. The van der Waals surface area contributed by atoms with Gasteiger partial charge in [0.2, 0.25) is 0 Å². The van der Waals surface area contributed by atoms with Gasteiger partial charge in [0.25, 0.3) is 12.2 Å². The number of rotatable bonds is 6. The van der Waals surface area contributed by atoms with E-state index in [0.29, 0.717) is 0 Å². The fourth-order valence-corrected chi connectivity index (χ4v) is 8.18. The monoisotopic (exact) mass is 506 g/mol. The molecule has 0 aliphatic heterocycles. The maximum absolute atomic E-state index is 12.8. The molecule has 2 aliphatic carbocycles. The predicted octanol–water partition coefficient (Wildman–Crippen LogP) is 8.21. The molecule has 0 aromatic heterocycles. The molecule has 2 fully saturated rings. The second-order valence-corrected chi connectivity index (χ2v) is 11.1. The van der Waals surface area contributed by atoms with Crippen LogP contribution >= 0.6 is 43.6 Å². The maximum Gasteiger partial charge on any atom is 0.266 e. The van der Waals surface area contributed by atoms with Crippen LogP contribution in [0.15, 0.2) is 24.3 Å². The van der Waals surface area contributed by atoms with Gasteiger partial charge in [-0.25, -0.2) is 0 Å². The second-order valence-electron chi connectivity index (χ2n) is 7.05. The van der Waals surface area contributed by atoms with Crippen molar-refractivity contribution in [3.05, 3.63) is 24.3 Å². The Balaban J connectivity index is 2.33. The summed E-state index contributed by atoms with van der Waals surface area (Å²) in [4.78, 5) is 0.235. The maximum atomic E-state index is 12.8. The molecule has 0 nitrogen and oxygen atoms in total. The van der Waals surface area contributed by atoms with Crippen LogP contribution in [0.25, 0.3) is 0 Å². The van der Waals surface area contributed by atoms with Crippen molar-refractivity contribution in [3.8, 4) is 0 Å². The first-order valence-electron chi connectivity index (χ1n) is 8.80. The van der Waals surface area contributed by atoms with Gasteiger partial charge in [0, 0.05) is 19.1 Å². The van der Waals surface area contributed by atoms with Crippen LogP contribution in [0.3, 0.4) is 0 Å². The standard InChI is InChI=1S/C18H24Br2F4S/c19-13-5-1-3-9-17(13,11-7-15(21)22)25-18(12-8-16(23)24)10-4-2-6-14(18)20/h7-8,13-14H,1-6,9-12H2. The molecule has 0 aromatic rings. The van der Waals surface area contributed by atoms with Gasteiger partial charge < -0.3 is 0 Å². The van der Waals surface area contributed by atoms with Crippen molar-refractivity contribution in [2.45, 2.75) is 83.4 Å². The van der Waals surface area contributed by atoms with Crippen LogP contribution in [0.5, 0.6) is 0 Å². The van der Waals surface area contributed by atoms with E-state index in [1.54, 1.807) is 11.8 Å². The largest absolute Gasteiger partial charge is 0.266 e. The Bertz CT molecular complexity index is 461. The molecule has 25 heavy (non-hydrogen) atoms. The van der Waals surface area contributed by atoms with Gasteiger partial charge >= 0.3 is 0 Å². The van der Waals surface area contributed by atoms with Gasteiger partial charge in [-0.1, -0.05) is 57.5 Å². The van der Waals surface area contributed by atoms with Crippen LogP contribution in [0, 0.1) is 0 Å². The predicted molar refractivity (Wildman–Crippen MR) is 105 cm³/mol. The summed E-state index contributed by atoms with van der Waals surface area (Å²) in [5, 5.41) is 0. The van der Waals surface area contributed by atoms with E-state index in [0.717, 1.165) is 63.5 Å². The molecular weight excluding hydrogens is 484 g/mol. The molecule has 4 unspecified atom stereocenters. The highest BCUT2D eigenvalue weighted by molar-refractivity contribution is 9.10. The molecule has 0 saturated heterocycles. The van der Waals surface area contributed by atoms with Gasteiger partial charge in [0.1, 0.15) is 0 Å².